The third kappa shape index (κ3) is 5.17. The highest BCUT2D eigenvalue weighted by Crippen LogP contribution is 2.45. The molecule has 0 aromatic heterocycles. The summed E-state index contributed by atoms with van der Waals surface area (Å²) in [7, 11) is 2.84. The molecule has 0 amide bonds. The van der Waals surface area contributed by atoms with Crippen LogP contribution in [-0.4, -0.2) is 51.3 Å². The molecule has 0 spiro atoms. The standard InChI is InChI=1S/C26H33NO7/c1-14(2)33-11-12-34-26(30)21-16(4)27-19-13-15(3)20(25(29)32-6)24(28)23(19)22(21)17-7-9-18(31-5)10-8-17/h7-10,14-15,20,22,27H,11-13H2,1-6H3/t15-,20+,22-/m0/s1. The molecule has 0 fully saturated rings. The van der Waals surface area contributed by atoms with Gasteiger partial charge in [0.05, 0.1) is 32.5 Å². The smallest absolute Gasteiger partial charge is 0.336 e. The van der Waals surface area contributed by atoms with E-state index in [0.29, 0.717) is 29.0 Å². The van der Waals surface area contributed by atoms with Crippen LogP contribution in [-0.2, 0) is 28.6 Å². The number of dihydropyridines is 1. The van der Waals surface area contributed by atoms with Crippen molar-refractivity contribution in [2.75, 3.05) is 27.4 Å². The molecule has 34 heavy (non-hydrogen) atoms. The molecule has 1 heterocycles. The van der Waals surface area contributed by atoms with Gasteiger partial charge in [-0.25, -0.2) is 4.79 Å². The highest BCUT2D eigenvalue weighted by atomic mass is 16.6. The van der Waals surface area contributed by atoms with Crippen molar-refractivity contribution in [3.05, 3.63) is 52.4 Å². The van der Waals surface area contributed by atoms with Crippen molar-refractivity contribution >= 4 is 17.7 Å². The molecular weight excluding hydrogens is 438 g/mol. The van der Waals surface area contributed by atoms with Gasteiger partial charge in [0.1, 0.15) is 18.3 Å². The van der Waals surface area contributed by atoms with E-state index in [0.717, 1.165) is 11.3 Å². The Bertz CT molecular complexity index is 1010. The minimum Gasteiger partial charge on any atom is -0.497 e. The van der Waals surface area contributed by atoms with Gasteiger partial charge in [-0.2, -0.15) is 0 Å². The van der Waals surface area contributed by atoms with Gasteiger partial charge < -0.3 is 24.3 Å². The Hall–Kier alpha value is -3.13. The van der Waals surface area contributed by atoms with Gasteiger partial charge in [0.15, 0.2) is 5.78 Å². The number of esters is 2. The number of allylic oxidation sites excluding steroid dienone is 3. The summed E-state index contributed by atoms with van der Waals surface area (Å²) in [5.41, 5.74) is 2.79. The number of ether oxygens (including phenoxy) is 4. The first kappa shape index (κ1) is 25.5. The van der Waals surface area contributed by atoms with Crippen molar-refractivity contribution in [1.82, 2.24) is 5.32 Å². The number of methoxy groups -OCH3 is 2. The second kappa shape index (κ2) is 10.9. The number of nitrogens with one attached hydrogen (secondary N) is 1. The van der Waals surface area contributed by atoms with E-state index in [1.807, 2.05) is 32.9 Å². The lowest BCUT2D eigenvalue weighted by atomic mass is 9.69. The number of hydrogen-bond donors (Lipinski definition) is 1. The predicted molar refractivity (Wildman–Crippen MR) is 125 cm³/mol. The molecular formula is C26H33NO7. The van der Waals surface area contributed by atoms with Crippen molar-refractivity contribution in [1.29, 1.82) is 0 Å². The molecule has 0 bridgehead atoms. The Morgan fingerprint density at radius 2 is 1.79 bits per heavy atom. The van der Waals surface area contributed by atoms with E-state index in [9.17, 15) is 14.4 Å². The molecule has 8 nitrogen and oxygen atoms in total. The lowest BCUT2D eigenvalue weighted by Gasteiger charge is -2.38. The van der Waals surface area contributed by atoms with Gasteiger partial charge in [0, 0.05) is 22.9 Å². The maximum absolute atomic E-state index is 13.7. The second-order valence-corrected chi connectivity index (χ2v) is 8.86. The van der Waals surface area contributed by atoms with E-state index in [1.54, 1.807) is 26.2 Å². The Kier molecular flexibility index (Phi) is 8.15. The van der Waals surface area contributed by atoms with Crippen LogP contribution in [0.1, 0.15) is 45.6 Å². The Balaban J connectivity index is 2.03. The number of ketones is 1. The average Bonchev–Trinajstić information content (AvgIpc) is 2.80. The van der Waals surface area contributed by atoms with Gasteiger partial charge in [0.25, 0.3) is 0 Å². The first-order chi connectivity index (χ1) is 16.2. The Morgan fingerprint density at radius 1 is 1.12 bits per heavy atom. The molecule has 184 valence electrons. The van der Waals surface area contributed by atoms with Crippen LogP contribution in [0.5, 0.6) is 5.75 Å². The summed E-state index contributed by atoms with van der Waals surface area (Å²) in [5.74, 6) is -2.65. The van der Waals surface area contributed by atoms with Crippen LogP contribution in [0.4, 0.5) is 0 Å². The summed E-state index contributed by atoms with van der Waals surface area (Å²) in [5, 5.41) is 3.25. The highest BCUT2D eigenvalue weighted by Gasteiger charge is 2.47. The third-order valence-electron chi connectivity index (χ3n) is 6.18. The topological polar surface area (TPSA) is 100 Å². The van der Waals surface area contributed by atoms with Crippen LogP contribution < -0.4 is 10.1 Å². The van der Waals surface area contributed by atoms with Crippen LogP contribution >= 0.6 is 0 Å². The fourth-order valence-corrected chi connectivity index (χ4v) is 4.58. The van der Waals surface area contributed by atoms with Crippen molar-refractivity contribution in [3.63, 3.8) is 0 Å². The maximum atomic E-state index is 13.7. The molecule has 3 atom stereocenters. The van der Waals surface area contributed by atoms with Gasteiger partial charge in [-0.15, -0.1) is 0 Å². The summed E-state index contributed by atoms with van der Waals surface area (Å²) >= 11 is 0. The second-order valence-electron chi connectivity index (χ2n) is 8.86. The lowest BCUT2D eigenvalue weighted by Crippen LogP contribution is -2.43. The zero-order valence-corrected chi connectivity index (χ0v) is 20.6. The van der Waals surface area contributed by atoms with E-state index >= 15 is 0 Å². The number of hydrogen-bond acceptors (Lipinski definition) is 8. The molecule has 8 heteroatoms. The van der Waals surface area contributed by atoms with Gasteiger partial charge in [-0.1, -0.05) is 19.1 Å². The zero-order chi connectivity index (χ0) is 25.0. The molecule has 0 saturated carbocycles. The quantitative estimate of drug-likeness (QED) is 0.350. The molecule has 1 aromatic rings. The number of Topliss-reactive ketones (excluding diaryl/α,β-unsaturated/α-hetero) is 1. The van der Waals surface area contributed by atoms with Crippen molar-refractivity contribution in [2.24, 2.45) is 11.8 Å². The van der Waals surface area contributed by atoms with Crippen LogP contribution in [0.3, 0.4) is 0 Å². The zero-order valence-electron chi connectivity index (χ0n) is 20.6. The highest BCUT2D eigenvalue weighted by molar-refractivity contribution is 6.12. The van der Waals surface area contributed by atoms with Gasteiger partial charge in [-0.05, 0) is 50.8 Å². The predicted octanol–water partition coefficient (Wildman–Crippen LogP) is 3.28. The number of benzene rings is 1. The molecule has 3 rings (SSSR count). The van der Waals surface area contributed by atoms with Gasteiger partial charge >= 0.3 is 11.9 Å². The van der Waals surface area contributed by atoms with Gasteiger partial charge in [0.2, 0.25) is 0 Å². The van der Waals surface area contributed by atoms with Crippen molar-refractivity contribution in [3.8, 4) is 5.75 Å². The van der Waals surface area contributed by atoms with Crippen molar-refractivity contribution < 1.29 is 33.3 Å². The summed E-state index contributed by atoms with van der Waals surface area (Å²) < 4.78 is 21.2. The molecule has 1 aliphatic heterocycles. The number of carbonyl (C=O) groups excluding carboxylic acids is 3. The summed E-state index contributed by atoms with van der Waals surface area (Å²) in [6.45, 7) is 7.81. The fourth-order valence-electron chi connectivity index (χ4n) is 4.58. The number of rotatable bonds is 8. The van der Waals surface area contributed by atoms with Gasteiger partial charge in [-0.3, -0.25) is 9.59 Å². The summed E-state index contributed by atoms with van der Waals surface area (Å²) in [4.78, 5) is 39.4. The third-order valence-corrected chi connectivity index (χ3v) is 6.18. The minimum absolute atomic E-state index is 0.0212. The van der Waals surface area contributed by atoms with Crippen LogP contribution in [0, 0.1) is 11.8 Å². The first-order valence-electron chi connectivity index (χ1n) is 11.4. The van der Waals surface area contributed by atoms with Crippen molar-refractivity contribution in [2.45, 2.75) is 46.1 Å². The fraction of sp³-hybridized carbons (Fsp3) is 0.500. The van der Waals surface area contributed by atoms with E-state index in [4.69, 9.17) is 18.9 Å². The van der Waals surface area contributed by atoms with E-state index in [2.05, 4.69) is 5.32 Å². The number of carbonyl (C=O) groups is 3. The molecule has 0 unspecified atom stereocenters. The van der Waals surface area contributed by atoms with E-state index in [1.165, 1.54) is 7.11 Å². The summed E-state index contributed by atoms with van der Waals surface area (Å²) in [6, 6.07) is 7.20. The summed E-state index contributed by atoms with van der Waals surface area (Å²) in [6.07, 6.45) is 0.503. The van der Waals surface area contributed by atoms with Crippen LogP contribution in [0.15, 0.2) is 46.8 Å². The minimum atomic E-state index is -0.929. The monoisotopic (exact) mass is 471 g/mol. The molecule has 2 aliphatic rings. The Labute approximate surface area is 200 Å². The average molecular weight is 472 g/mol. The lowest BCUT2D eigenvalue weighted by molar-refractivity contribution is -0.151. The molecule has 1 N–H and O–H groups in total. The molecule has 1 aromatic carbocycles. The Morgan fingerprint density at radius 3 is 2.38 bits per heavy atom. The van der Waals surface area contributed by atoms with E-state index < -0.39 is 23.8 Å². The van der Waals surface area contributed by atoms with Crippen LogP contribution in [0.25, 0.3) is 0 Å². The molecule has 1 aliphatic carbocycles. The van der Waals surface area contributed by atoms with E-state index in [-0.39, 0.29) is 31.0 Å². The SMILES string of the molecule is COC(=O)[C@H]1C(=O)C2=C(C[C@@H]1C)NC(C)=C(C(=O)OCCOC(C)C)[C@@H]2c1ccc(OC)cc1. The molecule has 0 radical (unpaired) electrons. The largest absolute Gasteiger partial charge is 0.497 e. The normalized spacial score (nSPS) is 22.3. The molecule has 0 saturated heterocycles. The first-order valence-corrected chi connectivity index (χ1v) is 11.4. The van der Waals surface area contributed by atoms with Crippen LogP contribution in [0.2, 0.25) is 0 Å². The maximum Gasteiger partial charge on any atom is 0.336 e.